The molecule has 1 aromatic carbocycles. The van der Waals surface area contributed by atoms with E-state index in [9.17, 15) is 4.79 Å². The molecule has 0 saturated carbocycles. The zero-order valence-corrected chi connectivity index (χ0v) is 16.4. The number of nitrogens with zero attached hydrogens (tertiary/aromatic N) is 4. The van der Waals surface area contributed by atoms with E-state index in [4.69, 9.17) is 5.11 Å². The van der Waals surface area contributed by atoms with Crippen molar-refractivity contribution in [1.82, 2.24) is 15.0 Å². The predicted octanol–water partition coefficient (Wildman–Crippen LogP) is 4.89. The molecule has 0 radical (unpaired) electrons. The third kappa shape index (κ3) is 4.22. The van der Waals surface area contributed by atoms with Crippen molar-refractivity contribution in [2.75, 3.05) is 17.3 Å². The number of rotatable bonds is 5. The minimum Gasteiger partial charge on any atom is -0.465 e. The lowest BCUT2D eigenvalue weighted by atomic mass is 10.2. The maximum absolute atomic E-state index is 11.0. The summed E-state index contributed by atoms with van der Waals surface area (Å²) in [5.74, 6) is 0.857. The maximum Gasteiger partial charge on any atom is 0.411 e. The second-order valence-corrected chi connectivity index (χ2v) is 7.43. The van der Waals surface area contributed by atoms with Gasteiger partial charge in [0.2, 0.25) is 5.95 Å². The van der Waals surface area contributed by atoms with Crippen molar-refractivity contribution < 1.29 is 9.90 Å². The molecule has 3 rings (SSSR count). The summed E-state index contributed by atoms with van der Waals surface area (Å²) in [6.45, 7) is 6.24. The summed E-state index contributed by atoms with van der Waals surface area (Å²) in [6, 6.07) is 8.91. The standard InChI is InChI=1S/C19H21N5O2S/c1-11(2)17-21-12(3)16(27-17)15-9-10-20-18(23-15)22-13-5-7-14(8-6-13)24(4)19(25)26/h5-11H,1-4H3,(H,25,26)(H,20,22,23). The first-order valence-electron chi connectivity index (χ1n) is 8.49. The molecule has 8 heteroatoms. The molecule has 27 heavy (non-hydrogen) atoms. The van der Waals surface area contributed by atoms with Crippen molar-refractivity contribution in [2.45, 2.75) is 26.7 Å². The first-order valence-corrected chi connectivity index (χ1v) is 9.31. The first kappa shape index (κ1) is 18.8. The SMILES string of the molecule is Cc1nc(C(C)C)sc1-c1ccnc(Nc2ccc(N(C)C(=O)O)cc2)n1. The Balaban J connectivity index is 1.81. The van der Waals surface area contributed by atoms with Crippen LogP contribution in [0.25, 0.3) is 10.6 Å². The van der Waals surface area contributed by atoms with E-state index in [2.05, 4.69) is 34.1 Å². The highest BCUT2D eigenvalue weighted by molar-refractivity contribution is 7.15. The molecule has 0 atom stereocenters. The molecule has 0 unspecified atom stereocenters. The maximum atomic E-state index is 11.0. The quantitative estimate of drug-likeness (QED) is 0.652. The van der Waals surface area contributed by atoms with Crippen LogP contribution in [0.2, 0.25) is 0 Å². The molecule has 0 fully saturated rings. The van der Waals surface area contributed by atoms with E-state index in [0.29, 0.717) is 17.6 Å². The van der Waals surface area contributed by atoms with Gasteiger partial charge in [-0.2, -0.15) is 0 Å². The van der Waals surface area contributed by atoms with E-state index in [1.165, 1.54) is 7.05 Å². The zero-order chi connectivity index (χ0) is 19.6. The second-order valence-electron chi connectivity index (χ2n) is 6.40. The summed E-state index contributed by atoms with van der Waals surface area (Å²) in [5, 5.41) is 13.3. The van der Waals surface area contributed by atoms with Gasteiger partial charge in [-0.3, -0.25) is 4.90 Å². The number of hydrogen-bond acceptors (Lipinski definition) is 6. The summed E-state index contributed by atoms with van der Waals surface area (Å²) >= 11 is 1.65. The molecule has 2 heterocycles. The third-order valence-corrected chi connectivity index (χ3v) is 5.47. The lowest BCUT2D eigenvalue weighted by Crippen LogP contribution is -2.23. The number of aromatic nitrogens is 3. The van der Waals surface area contributed by atoms with Crippen molar-refractivity contribution in [2.24, 2.45) is 0 Å². The van der Waals surface area contributed by atoms with Crippen LogP contribution in [0.5, 0.6) is 0 Å². The molecule has 0 bridgehead atoms. The van der Waals surface area contributed by atoms with Crippen LogP contribution in [0.3, 0.4) is 0 Å². The van der Waals surface area contributed by atoms with Crippen molar-refractivity contribution in [3.8, 4) is 10.6 Å². The van der Waals surface area contributed by atoms with Crippen LogP contribution < -0.4 is 10.2 Å². The van der Waals surface area contributed by atoms with Gasteiger partial charge in [-0.15, -0.1) is 11.3 Å². The van der Waals surface area contributed by atoms with Gasteiger partial charge in [0, 0.05) is 30.5 Å². The fraction of sp³-hybridized carbons (Fsp3) is 0.263. The van der Waals surface area contributed by atoms with Crippen molar-refractivity contribution in [1.29, 1.82) is 0 Å². The number of amides is 1. The van der Waals surface area contributed by atoms with E-state index in [-0.39, 0.29) is 0 Å². The van der Waals surface area contributed by atoms with Crippen molar-refractivity contribution in [3.63, 3.8) is 0 Å². The Morgan fingerprint density at radius 3 is 2.48 bits per heavy atom. The van der Waals surface area contributed by atoms with Crippen molar-refractivity contribution in [3.05, 3.63) is 47.2 Å². The second kappa shape index (κ2) is 7.71. The van der Waals surface area contributed by atoms with Crippen LogP contribution in [0.4, 0.5) is 22.1 Å². The van der Waals surface area contributed by atoms with Gasteiger partial charge in [0.15, 0.2) is 0 Å². The Labute approximate surface area is 161 Å². The first-order chi connectivity index (χ1) is 12.8. The molecule has 0 aliphatic carbocycles. The number of carbonyl (C=O) groups is 1. The van der Waals surface area contributed by atoms with Gasteiger partial charge in [0.05, 0.1) is 21.3 Å². The largest absolute Gasteiger partial charge is 0.465 e. The molecule has 3 aromatic rings. The Hall–Kier alpha value is -3.00. The van der Waals surface area contributed by atoms with Crippen molar-refractivity contribution >= 4 is 34.8 Å². The molecule has 2 N–H and O–H groups in total. The molecule has 0 aliphatic rings. The molecule has 1 amide bonds. The van der Waals surface area contributed by atoms with Crippen LogP contribution in [-0.4, -0.2) is 33.2 Å². The van der Waals surface area contributed by atoms with E-state index in [1.54, 1.807) is 41.8 Å². The van der Waals surface area contributed by atoms with E-state index < -0.39 is 6.09 Å². The summed E-state index contributed by atoms with van der Waals surface area (Å²) in [6.07, 6.45) is 0.707. The average molecular weight is 383 g/mol. The van der Waals surface area contributed by atoms with Crippen LogP contribution in [0.1, 0.15) is 30.5 Å². The predicted molar refractivity (Wildman–Crippen MR) is 108 cm³/mol. The number of aryl methyl sites for hydroxylation is 1. The minimum atomic E-state index is -1.01. The highest BCUT2D eigenvalue weighted by Crippen LogP contribution is 2.32. The fourth-order valence-electron chi connectivity index (χ4n) is 2.46. The van der Waals surface area contributed by atoms with E-state index >= 15 is 0 Å². The van der Waals surface area contributed by atoms with E-state index in [1.807, 2.05) is 13.0 Å². The number of anilines is 3. The van der Waals surface area contributed by atoms with Gasteiger partial charge in [-0.1, -0.05) is 13.8 Å². The van der Waals surface area contributed by atoms with Gasteiger partial charge < -0.3 is 10.4 Å². The Bertz CT molecular complexity index is 953. The van der Waals surface area contributed by atoms with Crippen LogP contribution in [0.15, 0.2) is 36.5 Å². The number of benzene rings is 1. The Morgan fingerprint density at radius 1 is 1.19 bits per heavy atom. The van der Waals surface area contributed by atoms with Crippen LogP contribution in [0, 0.1) is 6.92 Å². The number of carboxylic acid groups (broad SMARTS) is 1. The lowest BCUT2D eigenvalue weighted by molar-refractivity contribution is 0.203. The molecule has 140 valence electrons. The van der Waals surface area contributed by atoms with Crippen LogP contribution in [-0.2, 0) is 0 Å². The fourth-order valence-corrected chi connectivity index (χ4v) is 3.49. The third-order valence-electron chi connectivity index (χ3n) is 3.99. The number of nitrogens with one attached hydrogen (secondary N) is 1. The Kier molecular flexibility index (Phi) is 5.36. The zero-order valence-electron chi connectivity index (χ0n) is 15.6. The van der Waals surface area contributed by atoms with Gasteiger partial charge in [0.1, 0.15) is 0 Å². The molecular weight excluding hydrogens is 362 g/mol. The molecular formula is C19H21N5O2S. The summed E-state index contributed by atoms with van der Waals surface area (Å²) in [5.41, 5.74) is 3.16. The lowest BCUT2D eigenvalue weighted by Gasteiger charge is -2.13. The Morgan fingerprint density at radius 2 is 1.89 bits per heavy atom. The average Bonchev–Trinajstić information content (AvgIpc) is 3.04. The normalized spacial score (nSPS) is 10.9. The minimum absolute atomic E-state index is 0.379. The van der Waals surface area contributed by atoms with Gasteiger partial charge in [0.25, 0.3) is 0 Å². The molecule has 0 aliphatic heterocycles. The highest BCUT2D eigenvalue weighted by atomic mass is 32.1. The molecule has 0 saturated heterocycles. The number of hydrogen-bond donors (Lipinski definition) is 2. The summed E-state index contributed by atoms with van der Waals surface area (Å²) in [7, 11) is 1.50. The molecule has 0 spiro atoms. The van der Waals surface area contributed by atoms with Gasteiger partial charge >= 0.3 is 6.09 Å². The topological polar surface area (TPSA) is 91.2 Å². The summed E-state index contributed by atoms with van der Waals surface area (Å²) in [4.78, 5) is 26.7. The van der Waals surface area contributed by atoms with Gasteiger partial charge in [-0.05, 0) is 37.3 Å². The molecule has 2 aromatic heterocycles. The number of thiazole rings is 1. The monoisotopic (exact) mass is 383 g/mol. The molecule has 7 nitrogen and oxygen atoms in total. The van der Waals surface area contributed by atoms with Gasteiger partial charge in [-0.25, -0.2) is 19.7 Å². The summed E-state index contributed by atoms with van der Waals surface area (Å²) < 4.78 is 0. The highest BCUT2D eigenvalue weighted by Gasteiger charge is 2.14. The van der Waals surface area contributed by atoms with Crippen LogP contribution >= 0.6 is 11.3 Å². The smallest absolute Gasteiger partial charge is 0.411 e. The van der Waals surface area contributed by atoms with E-state index in [0.717, 1.165) is 31.9 Å².